The Labute approximate surface area is 99.2 Å². The summed E-state index contributed by atoms with van der Waals surface area (Å²) in [6, 6.07) is 9.42. The lowest BCUT2D eigenvalue weighted by Gasteiger charge is -2.35. The molecule has 1 saturated heterocycles. The molecular formula is C12H16O5. The van der Waals surface area contributed by atoms with Crippen molar-refractivity contribution in [2.24, 2.45) is 0 Å². The summed E-state index contributed by atoms with van der Waals surface area (Å²) in [5.74, 6) is 0. The molecule has 94 valence electrons. The summed E-state index contributed by atoms with van der Waals surface area (Å²) in [6.07, 6.45) is -4.31. The second-order valence-electron chi connectivity index (χ2n) is 4.04. The second kappa shape index (κ2) is 5.57. The molecule has 3 N–H and O–H groups in total. The van der Waals surface area contributed by atoms with Crippen LogP contribution in [0.25, 0.3) is 0 Å². The van der Waals surface area contributed by atoms with Gasteiger partial charge in [0.2, 0.25) is 0 Å². The van der Waals surface area contributed by atoms with Gasteiger partial charge in [-0.1, -0.05) is 30.3 Å². The maximum atomic E-state index is 9.63. The van der Waals surface area contributed by atoms with Crippen LogP contribution in [0.3, 0.4) is 0 Å². The Kier molecular flexibility index (Phi) is 4.09. The fourth-order valence-corrected chi connectivity index (χ4v) is 1.76. The van der Waals surface area contributed by atoms with Crippen LogP contribution in [0.1, 0.15) is 5.56 Å². The monoisotopic (exact) mass is 240 g/mol. The third-order valence-corrected chi connectivity index (χ3v) is 2.73. The van der Waals surface area contributed by atoms with Crippen LogP contribution in [-0.4, -0.2) is 46.5 Å². The number of benzene rings is 1. The summed E-state index contributed by atoms with van der Waals surface area (Å²) in [5, 5.41) is 28.5. The lowest BCUT2D eigenvalue weighted by molar-refractivity contribution is -0.264. The van der Waals surface area contributed by atoms with E-state index in [1.807, 2.05) is 30.3 Å². The highest BCUT2D eigenvalue weighted by atomic mass is 16.6. The fraction of sp³-hybridized carbons (Fsp3) is 0.500. The van der Waals surface area contributed by atoms with Gasteiger partial charge in [0.15, 0.2) is 6.29 Å². The summed E-state index contributed by atoms with van der Waals surface area (Å²) in [6.45, 7) is 0.226. The summed E-state index contributed by atoms with van der Waals surface area (Å²) < 4.78 is 10.2. The average molecular weight is 240 g/mol. The van der Waals surface area contributed by atoms with Crippen LogP contribution in [0.5, 0.6) is 0 Å². The molecule has 1 aromatic carbocycles. The molecule has 1 aromatic rings. The molecule has 1 heterocycles. The summed E-state index contributed by atoms with van der Waals surface area (Å²) in [7, 11) is 0. The first-order valence-corrected chi connectivity index (χ1v) is 5.50. The quantitative estimate of drug-likeness (QED) is 0.672. The molecule has 0 spiro atoms. The van der Waals surface area contributed by atoms with Crippen LogP contribution in [0, 0.1) is 0 Å². The highest BCUT2D eigenvalue weighted by Crippen LogP contribution is 2.18. The molecule has 0 amide bonds. The highest BCUT2D eigenvalue weighted by Gasteiger charge is 2.38. The van der Waals surface area contributed by atoms with Crippen molar-refractivity contribution in [1.82, 2.24) is 0 Å². The Morgan fingerprint density at radius 1 is 1.18 bits per heavy atom. The second-order valence-corrected chi connectivity index (χ2v) is 4.04. The van der Waals surface area contributed by atoms with Gasteiger partial charge in [0.1, 0.15) is 18.3 Å². The molecule has 0 aliphatic carbocycles. The van der Waals surface area contributed by atoms with Gasteiger partial charge in [0.25, 0.3) is 0 Å². The van der Waals surface area contributed by atoms with Crippen LogP contribution in [-0.2, 0) is 16.1 Å². The zero-order valence-corrected chi connectivity index (χ0v) is 9.27. The van der Waals surface area contributed by atoms with E-state index in [0.717, 1.165) is 5.56 Å². The molecule has 0 aromatic heterocycles. The fourth-order valence-electron chi connectivity index (χ4n) is 1.76. The van der Waals surface area contributed by atoms with E-state index in [1.165, 1.54) is 0 Å². The summed E-state index contributed by atoms with van der Waals surface area (Å²) in [4.78, 5) is 0. The molecule has 5 nitrogen and oxygen atoms in total. The van der Waals surface area contributed by atoms with Crippen molar-refractivity contribution >= 4 is 0 Å². The maximum Gasteiger partial charge on any atom is 0.183 e. The average Bonchev–Trinajstić information content (AvgIpc) is 2.35. The largest absolute Gasteiger partial charge is 0.388 e. The predicted octanol–water partition coefficient (Wildman–Crippen LogP) is -0.358. The third-order valence-electron chi connectivity index (χ3n) is 2.73. The Morgan fingerprint density at radius 2 is 1.88 bits per heavy atom. The Morgan fingerprint density at radius 3 is 2.59 bits per heavy atom. The molecule has 0 bridgehead atoms. The Hall–Kier alpha value is -0.980. The zero-order chi connectivity index (χ0) is 12.3. The number of ether oxygens (including phenoxy) is 2. The van der Waals surface area contributed by atoms with E-state index < -0.39 is 24.6 Å². The normalized spacial score (nSPS) is 33.6. The zero-order valence-electron chi connectivity index (χ0n) is 9.27. The first-order chi connectivity index (χ1) is 8.18. The van der Waals surface area contributed by atoms with E-state index in [0.29, 0.717) is 0 Å². The van der Waals surface area contributed by atoms with Crippen molar-refractivity contribution in [3.8, 4) is 0 Å². The molecule has 17 heavy (non-hydrogen) atoms. The van der Waals surface area contributed by atoms with E-state index in [4.69, 9.17) is 9.47 Å². The Bertz CT molecular complexity index is 342. The summed E-state index contributed by atoms with van der Waals surface area (Å²) >= 11 is 0. The first-order valence-electron chi connectivity index (χ1n) is 5.50. The molecule has 1 fully saturated rings. The van der Waals surface area contributed by atoms with Gasteiger partial charge in [-0.2, -0.15) is 0 Å². The Balaban J connectivity index is 1.93. The highest BCUT2D eigenvalue weighted by molar-refractivity contribution is 5.13. The van der Waals surface area contributed by atoms with E-state index >= 15 is 0 Å². The smallest absolute Gasteiger partial charge is 0.183 e. The van der Waals surface area contributed by atoms with Crippen molar-refractivity contribution in [3.05, 3.63) is 35.9 Å². The van der Waals surface area contributed by atoms with Crippen LogP contribution in [0.2, 0.25) is 0 Å². The molecular weight excluding hydrogens is 224 g/mol. The van der Waals surface area contributed by atoms with Gasteiger partial charge in [0.05, 0.1) is 13.2 Å². The standard InChI is InChI=1S/C12H16O5/c13-9-7-17-12(15)10(14)11(9)16-6-8-4-2-1-3-5-8/h1-5,9-15H,6-7H2/t9-,10-,11+,12-/m1/s1. The van der Waals surface area contributed by atoms with E-state index in [1.54, 1.807) is 0 Å². The minimum atomic E-state index is -1.31. The number of rotatable bonds is 3. The molecule has 0 saturated carbocycles. The molecule has 5 heteroatoms. The van der Waals surface area contributed by atoms with Crippen LogP contribution >= 0.6 is 0 Å². The van der Waals surface area contributed by atoms with Gasteiger partial charge in [-0.25, -0.2) is 0 Å². The molecule has 0 radical (unpaired) electrons. The van der Waals surface area contributed by atoms with Crippen LogP contribution in [0.15, 0.2) is 30.3 Å². The van der Waals surface area contributed by atoms with Gasteiger partial charge in [-0.3, -0.25) is 0 Å². The number of hydrogen-bond donors (Lipinski definition) is 3. The van der Waals surface area contributed by atoms with Gasteiger partial charge >= 0.3 is 0 Å². The molecule has 4 atom stereocenters. The van der Waals surface area contributed by atoms with Gasteiger partial charge in [-0.05, 0) is 5.56 Å². The van der Waals surface area contributed by atoms with Crippen molar-refractivity contribution in [1.29, 1.82) is 0 Å². The van der Waals surface area contributed by atoms with E-state index in [-0.39, 0.29) is 13.2 Å². The summed E-state index contributed by atoms with van der Waals surface area (Å²) in [5.41, 5.74) is 0.938. The minimum Gasteiger partial charge on any atom is -0.388 e. The first kappa shape index (κ1) is 12.5. The minimum absolute atomic E-state index is 0.0440. The van der Waals surface area contributed by atoms with E-state index in [9.17, 15) is 15.3 Å². The predicted molar refractivity (Wildman–Crippen MR) is 59.0 cm³/mol. The number of hydrogen-bond acceptors (Lipinski definition) is 5. The van der Waals surface area contributed by atoms with Gasteiger partial charge in [0, 0.05) is 0 Å². The van der Waals surface area contributed by atoms with Crippen molar-refractivity contribution in [2.75, 3.05) is 6.61 Å². The van der Waals surface area contributed by atoms with Crippen LogP contribution in [0.4, 0.5) is 0 Å². The van der Waals surface area contributed by atoms with E-state index in [2.05, 4.69) is 0 Å². The van der Waals surface area contributed by atoms with Gasteiger partial charge < -0.3 is 24.8 Å². The van der Waals surface area contributed by atoms with Crippen molar-refractivity contribution in [2.45, 2.75) is 31.2 Å². The number of aliphatic hydroxyl groups excluding tert-OH is 3. The molecule has 2 rings (SSSR count). The topological polar surface area (TPSA) is 79.2 Å². The lowest BCUT2D eigenvalue weighted by atomic mass is 10.1. The van der Waals surface area contributed by atoms with Crippen molar-refractivity contribution in [3.63, 3.8) is 0 Å². The molecule has 1 aliphatic rings. The van der Waals surface area contributed by atoms with Crippen LogP contribution < -0.4 is 0 Å². The van der Waals surface area contributed by atoms with Crippen molar-refractivity contribution < 1.29 is 24.8 Å². The molecule has 0 unspecified atom stereocenters. The lowest BCUT2D eigenvalue weighted by Crippen LogP contribution is -2.53. The van der Waals surface area contributed by atoms with Gasteiger partial charge in [-0.15, -0.1) is 0 Å². The SMILES string of the molecule is O[C@@H]1[C@@H](OCc2ccccc2)[C@H](O)CO[C@H]1O. The molecule has 1 aliphatic heterocycles. The number of aliphatic hydroxyl groups is 3. The maximum absolute atomic E-state index is 9.63. The third kappa shape index (κ3) is 3.02.